The monoisotopic (exact) mass is 342 g/mol. The number of carbonyl (C=O) groups excluding carboxylic acids is 1. The fourth-order valence-corrected chi connectivity index (χ4v) is 2.12. The molecule has 0 spiro atoms. The van der Waals surface area contributed by atoms with Gasteiger partial charge in [0.25, 0.3) is 0 Å². The van der Waals surface area contributed by atoms with Gasteiger partial charge in [-0.3, -0.25) is 0 Å². The number of rotatable bonds is 3. The standard InChI is InChI=1S/C16H14ClF3N2O/c1-22(15(23)21-14-4-2-3-13(17)9-14)10-11-5-7-12(8-6-11)16(18,19)20/h2-9H,10H2,1H3,(H,21,23). The number of urea groups is 1. The molecule has 2 rings (SSSR count). The van der Waals surface area contributed by atoms with Crippen molar-refractivity contribution in [3.05, 3.63) is 64.7 Å². The molecule has 0 aliphatic heterocycles. The van der Waals surface area contributed by atoms with Crippen molar-refractivity contribution in [2.45, 2.75) is 12.7 Å². The summed E-state index contributed by atoms with van der Waals surface area (Å²) in [5.41, 5.74) is 0.427. The van der Waals surface area contributed by atoms with E-state index in [2.05, 4.69) is 5.32 Å². The summed E-state index contributed by atoms with van der Waals surface area (Å²) in [6, 6.07) is 11.0. The molecule has 3 nitrogen and oxygen atoms in total. The fraction of sp³-hybridized carbons (Fsp3) is 0.188. The lowest BCUT2D eigenvalue weighted by Gasteiger charge is -2.18. The van der Waals surface area contributed by atoms with E-state index in [9.17, 15) is 18.0 Å². The van der Waals surface area contributed by atoms with Crippen LogP contribution < -0.4 is 5.32 Å². The first-order valence-corrected chi connectivity index (χ1v) is 7.07. The maximum absolute atomic E-state index is 12.5. The van der Waals surface area contributed by atoms with Gasteiger partial charge in [0.15, 0.2) is 0 Å². The maximum atomic E-state index is 12.5. The first-order chi connectivity index (χ1) is 10.8. The second-order valence-corrected chi connectivity index (χ2v) is 5.43. The number of nitrogens with zero attached hydrogens (tertiary/aromatic N) is 1. The number of benzene rings is 2. The molecule has 2 aromatic carbocycles. The molecule has 2 aromatic rings. The van der Waals surface area contributed by atoms with E-state index in [-0.39, 0.29) is 12.6 Å². The van der Waals surface area contributed by atoms with Crippen LogP contribution in [0, 0.1) is 0 Å². The Morgan fingerprint density at radius 3 is 2.39 bits per heavy atom. The molecule has 0 bridgehead atoms. The van der Waals surface area contributed by atoms with Gasteiger partial charge in [-0.2, -0.15) is 13.2 Å². The molecular formula is C16H14ClF3N2O. The number of nitrogens with one attached hydrogen (secondary N) is 1. The van der Waals surface area contributed by atoms with E-state index >= 15 is 0 Å². The molecule has 0 aliphatic carbocycles. The van der Waals surface area contributed by atoms with Crippen molar-refractivity contribution in [2.24, 2.45) is 0 Å². The molecule has 2 amide bonds. The lowest BCUT2D eigenvalue weighted by atomic mass is 10.1. The van der Waals surface area contributed by atoms with Crippen molar-refractivity contribution < 1.29 is 18.0 Å². The van der Waals surface area contributed by atoms with E-state index in [1.807, 2.05) is 0 Å². The summed E-state index contributed by atoms with van der Waals surface area (Å²) >= 11 is 5.83. The van der Waals surface area contributed by atoms with Gasteiger partial charge in [-0.15, -0.1) is 0 Å². The molecule has 1 N–H and O–H groups in total. The van der Waals surface area contributed by atoms with Gasteiger partial charge >= 0.3 is 12.2 Å². The number of hydrogen-bond donors (Lipinski definition) is 1. The molecule has 0 unspecified atom stereocenters. The molecule has 0 fully saturated rings. The summed E-state index contributed by atoms with van der Waals surface area (Å²) in [6.07, 6.45) is -4.37. The van der Waals surface area contributed by atoms with Crippen molar-refractivity contribution in [1.82, 2.24) is 4.90 Å². The van der Waals surface area contributed by atoms with Gasteiger partial charge in [0.1, 0.15) is 0 Å². The third-order valence-electron chi connectivity index (χ3n) is 3.12. The van der Waals surface area contributed by atoms with Crippen LogP contribution in [0.25, 0.3) is 0 Å². The van der Waals surface area contributed by atoms with E-state index in [1.54, 1.807) is 31.3 Å². The highest BCUT2D eigenvalue weighted by Crippen LogP contribution is 2.29. The van der Waals surface area contributed by atoms with Gasteiger partial charge in [0.2, 0.25) is 0 Å². The maximum Gasteiger partial charge on any atom is 0.416 e. The number of alkyl halides is 3. The molecule has 23 heavy (non-hydrogen) atoms. The average molecular weight is 343 g/mol. The second kappa shape index (κ2) is 6.91. The Balaban J connectivity index is 1.98. The first kappa shape index (κ1) is 17.1. The Hall–Kier alpha value is -2.21. The SMILES string of the molecule is CN(Cc1ccc(C(F)(F)F)cc1)C(=O)Nc1cccc(Cl)c1. The molecule has 0 heterocycles. The van der Waals surface area contributed by atoms with Gasteiger partial charge < -0.3 is 10.2 Å². The number of hydrogen-bond acceptors (Lipinski definition) is 1. The van der Waals surface area contributed by atoms with Crippen molar-refractivity contribution >= 4 is 23.3 Å². The van der Waals surface area contributed by atoms with Gasteiger partial charge in [-0.1, -0.05) is 29.8 Å². The number of halogens is 4. The summed E-state index contributed by atoms with van der Waals surface area (Å²) < 4.78 is 37.5. The highest BCUT2D eigenvalue weighted by Gasteiger charge is 2.29. The van der Waals surface area contributed by atoms with Crippen LogP contribution in [0.1, 0.15) is 11.1 Å². The van der Waals surface area contributed by atoms with E-state index < -0.39 is 11.7 Å². The van der Waals surface area contributed by atoms with Gasteiger partial charge in [-0.25, -0.2) is 4.79 Å². The quantitative estimate of drug-likeness (QED) is 0.834. The van der Waals surface area contributed by atoms with Crippen molar-refractivity contribution in [2.75, 3.05) is 12.4 Å². The fourth-order valence-electron chi connectivity index (χ4n) is 1.93. The zero-order valence-corrected chi connectivity index (χ0v) is 12.9. The molecule has 122 valence electrons. The minimum absolute atomic E-state index is 0.185. The number of amides is 2. The van der Waals surface area contributed by atoms with Gasteiger partial charge in [-0.05, 0) is 35.9 Å². The summed E-state index contributed by atoms with van der Waals surface area (Å²) in [7, 11) is 1.55. The van der Waals surface area contributed by atoms with Crippen molar-refractivity contribution in [3.63, 3.8) is 0 Å². The van der Waals surface area contributed by atoms with Crippen LogP contribution in [-0.4, -0.2) is 18.0 Å². The minimum atomic E-state index is -4.37. The number of carbonyl (C=O) groups is 1. The van der Waals surface area contributed by atoms with Crippen LogP contribution in [0.4, 0.5) is 23.7 Å². The van der Waals surface area contributed by atoms with Crippen LogP contribution in [-0.2, 0) is 12.7 Å². The third-order valence-corrected chi connectivity index (χ3v) is 3.36. The Morgan fingerprint density at radius 1 is 1.17 bits per heavy atom. The second-order valence-electron chi connectivity index (χ2n) is 4.99. The minimum Gasteiger partial charge on any atom is -0.323 e. The third kappa shape index (κ3) is 4.89. The lowest BCUT2D eigenvalue weighted by Crippen LogP contribution is -2.30. The Kier molecular flexibility index (Phi) is 5.15. The Labute approximate surface area is 136 Å². The zero-order chi connectivity index (χ0) is 17.0. The Morgan fingerprint density at radius 2 is 1.83 bits per heavy atom. The molecule has 0 saturated carbocycles. The summed E-state index contributed by atoms with van der Waals surface area (Å²) in [4.78, 5) is 13.4. The highest BCUT2D eigenvalue weighted by molar-refractivity contribution is 6.30. The smallest absolute Gasteiger partial charge is 0.323 e. The van der Waals surface area contributed by atoms with Crippen LogP contribution in [0.15, 0.2) is 48.5 Å². The lowest BCUT2D eigenvalue weighted by molar-refractivity contribution is -0.137. The van der Waals surface area contributed by atoms with Crippen molar-refractivity contribution in [1.29, 1.82) is 0 Å². The van der Waals surface area contributed by atoms with Crippen LogP contribution >= 0.6 is 11.6 Å². The number of anilines is 1. The normalized spacial score (nSPS) is 11.2. The van der Waals surface area contributed by atoms with Crippen LogP contribution in [0.3, 0.4) is 0 Å². The largest absolute Gasteiger partial charge is 0.416 e. The van der Waals surface area contributed by atoms with Crippen LogP contribution in [0.2, 0.25) is 5.02 Å². The topological polar surface area (TPSA) is 32.3 Å². The zero-order valence-electron chi connectivity index (χ0n) is 12.2. The first-order valence-electron chi connectivity index (χ1n) is 6.69. The molecular weight excluding hydrogens is 329 g/mol. The van der Waals surface area contributed by atoms with E-state index in [4.69, 9.17) is 11.6 Å². The molecule has 0 aromatic heterocycles. The van der Waals surface area contributed by atoms with E-state index in [1.165, 1.54) is 17.0 Å². The molecule has 7 heteroatoms. The molecule has 0 saturated heterocycles. The van der Waals surface area contributed by atoms with Crippen molar-refractivity contribution in [3.8, 4) is 0 Å². The summed E-state index contributed by atoms with van der Waals surface area (Å²) in [5, 5.41) is 3.15. The van der Waals surface area contributed by atoms with Gasteiger partial charge in [0, 0.05) is 24.3 Å². The predicted octanol–water partition coefficient (Wildman–Crippen LogP) is 5.02. The summed E-state index contributed by atoms with van der Waals surface area (Å²) in [6.45, 7) is 0.185. The van der Waals surface area contributed by atoms with Gasteiger partial charge in [0.05, 0.1) is 5.56 Å². The molecule has 0 radical (unpaired) electrons. The average Bonchev–Trinajstić information content (AvgIpc) is 2.46. The van der Waals surface area contributed by atoms with E-state index in [0.717, 1.165) is 12.1 Å². The Bertz CT molecular complexity index is 686. The summed E-state index contributed by atoms with van der Waals surface area (Å²) in [5.74, 6) is 0. The predicted molar refractivity (Wildman–Crippen MR) is 83.4 cm³/mol. The van der Waals surface area contributed by atoms with Crippen LogP contribution in [0.5, 0.6) is 0 Å². The molecule has 0 atom stereocenters. The highest BCUT2D eigenvalue weighted by atomic mass is 35.5. The van der Waals surface area contributed by atoms with E-state index in [0.29, 0.717) is 16.3 Å². The molecule has 0 aliphatic rings.